The van der Waals surface area contributed by atoms with Gasteiger partial charge in [-0.1, -0.05) is 0 Å². The third-order valence-electron chi connectivity index (χ3n) is 1.34. The van der Waals surface area contributed by atoms with Crippen LogP contribution < -0.4 is 0 Å². The fourth-order valence-electron chi connectivity index (χ4n) is 0.842. The van der Waals surface area contributed by atoms with Crippen molar-refractivity contribution < 1.29 is 0 Å². The predicted molar refractivity (Wildman–Crippen MR) is 58.8 cm³/mol. The van der Waals surface area contributed by atoms with Crippen LogP contribution >= 0.6 is 45.5 Å². The molecule has 0 amide bonds. The largest absolute Gasteiger partial charge is 0.268 e. The van der Waals surface area contributed by atoms with E-state index in [2.05, 4.69) is 55.4 Å². The maximum Gasteiger partial charge on any atom is 0.182 e. The van der Waals surface area contributed by atoms with Gasteiger partial charge in [0.15, 0.2) is 9.66 Å². The number of nitrogens with zero attached hydrogens (tertiary/aromatic N) is 3. The zero-order valence-electron chi connectivity index (χ0n) is 5.33. The topological polar surface area (TPSA) is 30.7 Å². The van der Waals surface area contributed by atoms with Crippen molar-refractivity contribution in [3.8, 4) is 11.4 Å². The fraction of sp³-hybridized carbons (Fsp3) is 0. The van der Waals surface area contributed by atoms with Crippen molar-refractivity contribution in [1.29, 1.82) is 0 Å². The third-order valence-corrected chi connectivity index (χ3v) is 3.76. The molecule has 0 aromatic carbocycles. The van der Waals surface area contributed by atoms with Crippen molar-refractivity contribution >= 4 is 45.5 Å². The molecule has 0 spiro atoms. The second-order valence-corrected chi connectivity index (χ2v) is 4.05. The monoisotopic (exact) mass is 371 g/mol. The molecule has 0 N–H and O–H groups in total. The zero-order valence-corrected chi connectivity index (χ0v) is 9.64. The maximum absolute atomic E-state index is 4.27. The lowest BCUT2D eigenvalue weighted by atomic mass is 10.3. The average molecular weight is 371 g/mol. The van der Waals surface area contributed by atoms with Gasteiger partial charge in [0, 0.05) is 40.5 Å². The van der Waals surface area contributed by atoms with Gasteiger partial charge < -0.3 is 0 Å². The molecule has 11 heavy (non-hydrogen) atoms. The van der Waals surface area contributed by atoms with Gasteiger partial charge in [-0.2, -0.15) is 0 Å². The SMILES string of the molecule is Ic1nc2nccc-2cn1I. The quantitative estimate of drug-likeness (QED) is 0.525. The van der Waals surface area contributed by atoms with E-state index in [9.17, 15) is 0 Å². The highest BCUT2D eigenvalue weighted by molar-refractivity contribution is 14.1. The highest BCUT2D eigenvalue weighted by Gasteiger charge is 2.06. The van der Waals surface area contributed by atoms with E-state index < -0.39 is 0 Å². The summed E-state index contributed by atoms with van der Waals surface area (Å²) in [5.74, 6) is 0.822. The second-order valence-electron chi connectivity index (χ2n) is 2.04. The summed E-state index contributed by atoms with van der Waals surface area (Å²) < 4.78 is 2.89. The Bertz CT molecular complexity index is 324. The van der Waals surface area contributed by atoms with Crippen molar-refractivity contribution in [2.75, 3.05) is 0 Å². The van der Waals surface area contributed by atoms with Crippen LogP contribution in [0, 0.1) is 3.83 Å². The summed E-state index contributed by atoms with van der Waals surface area (Å²) in [5.41, 5.74) is 1.08. The van der Waals surface area contributed by atoms with Gasteiger partial charge in [0.1, 0.15) is 0 Å². The minimum absolute atomic E-state index is 0.822. The molecule has 0 aliphatic carbocycles. The highest BCUT2D eigenvalue weighted by Crippen LogP contribution is 2.19. The van der Waals surface area contributed by atoms with E-state index in [1.807, 2.05) is 15.0 Å². The molecule has 0 atom stereocenters. The van der Waals surface area contributed by atoms with Crippen LogP contribution in [0.1, 0.15) is 0 Å². The molecule has 0 aromatic heterocycles. The van der Waals surface area contributed by atoms with Crippen molar-refractivity contribution in [2.24, 2.45) is 0 Å². The first-order valence-corrected chi connectivity index (χ1v) is 4.97. The van der Waals surface area contributed by atoms with Gasteiger partial charge in [0.2, 0.25) is 0 Å². The lowest BCUT2D eigenvalue weighted by Gasteiger charge is -2.01. The van der Waals surface area contributed by atoms with Gasteiger partial charge >= 0.3 is 0 Å². The van der Waals surface area contributed by atoms with Gasteiger partial charge in [-0.05, 0) is 6.07 Å². The van der Waals surface area contributed by atoms with Crippen molar-refractivity contribution in [1.82, 2.24) is 12.7 Å². The van der Waals surface area contributed by atoms with Gasteiger partial charge in [-0.3, -0.25) is 2.78 Å². The molecule has 3 nitrogen and oxygen atoms in total. The smallest absolute Gasteiger partial charge is 0.182 e. The molecule has 0 bridgehead atoms. The molecule has 0 fully saturated rings. The number of aromatic nitrogens is 3. The lowest BCUT2D eigenvalue weighted by molar-refractivity contribution is 1.06. The van der Waals surface area contributed by atoms with Crippen LogP contribution in [0.15, 0.2) is 18.5 Å². The van der Waals surface area contributed by atoms with E-state index in [1.165, 1.54) is 0 Å². The fourth-order valence-corrected chi connectivity index (χ4v) is 1.62. The molecule has 56 valence electrons. The molecular formula is C6H3I2N3. The van der Waals surface area contributed by atoms with Crippen molar-refractivity contribution in [3.63, 3.8) is 0 Å². The Hall–Kier alpha value is 0.0800. The van der Waals surface area contributed by atoms with Crippen LogP contribution in [-0.2, 0) is 0 Å². The van der Waals surface area contributed by atoms with Crippen molar-refractivity contribution in [2.45, 2.75) is 0 Å². The Balaban J connectivity index is 2.77. The van der Waals surface area contributed by atoms with Crippen LogP contribution in [-0.4, -0.2) is 12.7 Å². The van der Waals surface area contributed by atoms with E-state index in [0.717, 1.165) is 15.2 Å². The number of rotatable bonds is 0. The number of hydrogen-bond donors (Lipinski definition) is 0. The van der Waals surface area contributed by atoms with Crippen LogP contribution in [0.3, 0.4) is 0 Å². The molecular weight excluding hydrogens is 368 g/mol. The minimum Gasteiger partial charge on any atom is -0.268 e. The Morgan fingerprint density at radius 2 is 2.27 bits per heavy atom. The van der Waals surface area contributed by atoms with Gasteiger partial charge in [0.25, 0.3) is 0 Å². The molecule has 2 aliphatic rings. The number of fused-ring (bicyclic) bond motifs is 1. The van der Waals surface area contributed by atoms with E-state index in [1.54, 1.807) is 6.20 Å². The van der Waals surface area contributed by atoms with Crippen LogP contribution in [0.2, 0.25) is 0 Å². The number of hydrogen-bond acceptors (Lipinski definition) is 2. The first kappa shape index (κ1) is 7.71. The summed E-state index contributed by atoms with van der Waals surface area (Å²) in [6, 6.07) is 1.95. The maximum atomic E-state index is 4.27. The Labute approximate surface area is 91.2 Å². The molecule has 0 unspecified atom stereocenters. The van der Waals surface area contributed by atoms with E-state index in [0.29, 0.717) is 0 Å². The van der Waals surface area contributed by atoms with Gasteiger partial charge in [-0.25, -0.2) is 9.97 Å². The Morgan fingerprint density at radius 1 is 1.45 bits per heavy atom. The molecule has 0 saturated carbocycles. The summed E-state index contributed by atoms with van der Waals surface area (Å²) in [5, 5.41) is 0. The van der Waals surface area contributed by atoms with Crippen LogP contribution in [0.4, 0.5) is 0 Å². The summed E-state index contributed by atoms with van der Waals surface area (Å²) in [4.78, 5) is 8.35. The van der Waals surface area contributed by atoms with Gasteiger partial charge in [-0.15, -0.1) is 0 Å². The minimum atomic E-state index is 0.822. The first-order chi connectivity index (χ1) is 5.27. The third kappa shape index (κ3) is 1.35. The molecule has 0 aromatic rings. The Kier molecular flexibility index (Phi) is 2.00. The first-order valence-electron chi connectivity index (χ1n) is 2.93. The molecule has 2 heterocycles. The normalized spacial score (nSPS) is 10.7. The summed E-state index contributed by atoms with van der Waals surface area (Å²) in [7, 11) is 0. The highest BCUT2D eigenvalue weighted by atomic mass is 127. The summed E-state index contributed by atoms with van der Waals surface area (Å²) >= 11 is 4.36. The standard InChI is InChI=1S/C6H3I2N3/c7-6-10-5-4(1-2-9-5)3-11(6)8/h1-3H. The molecule has 0 radical (unpaired) electrons. The molecule has 5 heteroatoms. The summed E-state index contributed by atoms with van der Waals surface area (Å²) in [6.45, 7) is 0. The van der Waals surface area contributed by atoms with Gasteiger partial charge in [0.05, 0.1) is 22.9 Å². The van der Waals surface area contributed by atoms with Crippen molar-refractivity contribution in [3.05, 3.63) is 22.3 Å². The molecule has 0 saturated heterocycles. The van der Waals surface area contributed by atoms with Crippen LogP contribution in [0.5, 0.6) is 0 Å². The van der Waals surface area contributed by atoms with E-state index >= 15 is 0 Å². The molecule has 2 aliphatic heterocycles. The lowest BCUT2D eigenvalue weighted by Crippen LogP contribution is -1.96. The van der Waals surface area contributed by atoms with E-state index in [-0.39, 0.29) is 0 Å². The predicted octanol–water partition coefficient (Wildman–Crippen LogP) is 2.19. The average Bonchev–Trinajstić information content (AvgIpc) is 2.36. The Morgan fingerprint density at radius 3 is 3.09 bits per heavy atom. The zero-order chi connectivity index (χ0) is 7.84. The number of halogens is 2. The second kappa shape index (κ2) is 2.85. The van der Waals surface area contributed by atoms with Crippen LogP contribution in [0.25, 0.3) is 11.4 Å². The summed E-state index contributed by atoms with van der Waals surface area (Å²) in [6.07, 6.45) is 3.78. The van der Waals surface area contributed by atoms with E-state index in [4.69, 9.17) is 0 Å². The molecule has 2 rings (SSSR count).